The Bertz CT molecular complexity index is 1300. The molecule has 0 spiro atoms. The van der Waals surface area contributed by atoms with Gasteiger partial charge in [-0.15, -0.1) is 0 Å². The van der Waals surface area contributed by atoms with Gasteiger partial charge < -0.3 is 39.4 Å². The van der Waals surface area contributed by atoms with Gasteiger partial charge in [0, 0.05) is 50.4 Å². The van der Waals surface area contributed by atoms with Crippen LogP contribution in [0.15, 0.2) is 24.3 Å². The number of phenols is 4. The molecule has 0 aromatic heterocycles. The smallest absolute Gasteiger partial charge is 0.342 e. The van der Waals surface area contributed by atoms with Crippen molar-refractivity contribution in [2.45, 2.75) is 11.5 Å². The summed E-state index contributed by atoms with van der Waals surface area (Å²) in [7, 11) is -4.20. The van der Waals surface area contributed by atoms with E-state index in [1.165, 1.54) is 0 Å². The molecule has 4 rings (SSSR count). The molecule has 0 saturated carbocycles. The Labute approximate surface area is 248 Å². The number of morpholine rings is 2. The van der Waals surface area contributed by atoms with Gasteiger partial charge in [0.15, 0.2) is 9.84 Å². The number of sulfone groups is 1. The molecule has 0 bridgehead atoms. The predicted octanol–water partition coefficient (Wildman–Crippen LogP) is 0.602. The van der Waals surface area contributed by atoms with Crippen LogP contribution in [0.4, 0.5) is 0 Å². The van der Waals surface area contributed by atoms with Crippen molar-refractivity contribution in [1.82, 2.24) is 9.80 Å². The number of ether oxygens (including phenoxy) is 4. The lowest BCUT2D eigenvalue weighted by atomic mass is 10.1. The van der Waals surface area contributed by atoms with Crippen molar-refractivity contribution in [2.24, 2.45) is 0 Å². The fraction of sp³-hybridized carbons (Fsp3) is 0.500. The zero-order valence-electron chi connectivity index (χ0n) is 23.6. The van der Waals surface area contributed by atoms with Gasteiger partial charge in [0.2, 0.25) is 0 Å². The number of nitrogens with zero attached hydrogens (tertiary/aromatic N) is 2. The van der Waals surface area contributed by atoms with E-state index in [1.54, 1.807) is 0 Å². The minimum Gasteiger partial charge on any atom is -0.508 e. The van der Waals surface area contributed by atoms with Crippen molar-refractivity contribution in [3.8, 4) is 23.0 Å². The minimum absolute atomic E-state index is 0.0102. The van der Waals surface area contributed by atoms with Crippen LogP contribution in [-0.4, -0.2) is 129 Å². The van der Waals surface area contributed by atoms with Crippen LogP contribution in [0.5, 0.6) is 23.0 Å². The number of phenolic OH excluding ortho intramolecular Hbond substituents is 4. The first-order valence-electron chi connectivity index (χ1n) is 13.8. The van der Waals surface area contributed by atoms with E-state index in [0.29, 0.717) is 65.7 Å². The molecule has 14 nitrogen and oxygen atoms in total. The molecule has 0 aliphatic carbocycles. The first kappa shape index (κ1) is 32.3. The normalized spacial score (nSPS) is 16.6. The number of carbonyl (C=O) groups is 2. The third-order valence-corrected chi connectivity index (χ3v) is 8.53. The second kappa shape index (κ2) is 14.7. The molecule has 43 heavy (non-hydrogen) atoms. The van der Waals surface area contributed by atoms with Crippen LogP contribution in [0, 0.1) is 0 Å². The second-order valence-corrected chi connectivity index (χ2v) is 12.3. The Balaban J connectivity index is 1.41. The summed E-state index contributed by atoms with van der Waals surface area (Å²) >= 11 is 0. The highest BCUT2D eigenvalue weighted by molar-refractivity contribution is 7.89. The van der Waals surface area contributed by atoms with E-state index in [2.05, 4.69) is 0 Å². The van der Waals surface area contributed by atoms with Gasteiger partial charge >= 0.3 is 11.9 Å². The molecule has 2 aliphatic heterocycles. The van der Waals surface area contributed by atoms with Gasteiger partial charge in [-0.3, -0.25) is 9.80 Å². The number of esters is 2. The summed E-state index contributed by atoms with van der Waals surface area (Å²) in [6.07, 6.45) is 0. The molecule has 0 radical (unpaired) electrons. The fourth-order valence-electron chi connectivity index (χ4n) is 4.75. The lowest BCUT2D eigenvalue weighted by Crippen LogP contribution is -2.38. The minimum atomic E-state index is -4.20. The Morgan fingerprint density at radius 3 is 1.42 bits per heavy atom. The lowest BCUT2D eigenvalue weighted by Gasteiger charge is -2.26. The van der Waals surface area contributed by atoms with Crippen LogP contribution in [0.3, 0.4) is 0 Å². The molecule has 15 heteroatoms. The summed E-state index contributed by atoms with van der Waals surface area (Å²) in [4.78, 5) is 29.3. The molecule has 2 saturated heterocycles. The second-order valence-electron chi connectivity index (χ2n) is 10.2. The summed E-state index contributed by atoms with van der Waals surface area (Å²) in [6, 6.07) is 3.94. The zero-order chi connectivity index (χ0) is 31.0. The van der Waals surface area contributed by atoms with Crippen LogP contribution >= 0.6 is 0 Å². The summed E-state index contributed by atoms with van der Waals surface area (Å²) in [5.41, 5.74) is -1.37. The van der Waals surface area contributed by atoms with Gasteiger partial charge in [0.25, 0.3) is 0 Å². The van der Waals surface area contributed by atoms with Gasteiger partial charge in [0.1, 0.15) is 47.3 Å². The topological polar surface area (TPSA) is 193 Å². The Morgan fingerprint density at radius 2 is 1.05 bits per heavy atom. The van der Waals surface area contributed by atoms with Gasteiger partial charge in [-0.25, -0.2) is 18.0 Å². The molecule has 0 amide bonds. The molecule has 4 N–H and O–H groups in total. The number of hydrogen-bond donors (Lipinski definition) is 4. The van der Waals surface area contributed by atoms with E-state index >= 15 is 0 Å². The molecule has 236 valence electrons. The average Bonchev–Trinajstić information content (AvgIpc) is 2.97. The summed E-state index contributed by atoms with van der Waals surface area (Å²) in [6.45, 7) is 5.91. The first-order valence-corrected chi connectivity index (χ1v) is 15.6. The largest absolute Gasteiger partial charge is 0.508 e. The number of hydrogen-bond acceptors (Lipinski definition) is 14. The molecule has 0 atom stereocenters. The highest BCUT2D eigenvalue weighted by atomic mass is 32.2. The Morgan fingerprint density at radius 1 is 0.674 bits per heavy atom. The van der Waals surface area contributed by atoms with Crippen LogP contribution in [0.2, 0.25) is 0 Å². The van der Waals surface area contributed by atoms with Crippen LogP contribution < -0.4 is 0 Å². The zero-order valence-corrected chi connectivity index (χ0v) is 24.4. The molecular formula is C28H36N2O12S. The number of benzene rings is 2. The SMILES string of the molecule is O=C(OCCN1CCOCC1)c1cc(O)cc(CS(=O)(=O)Cc2cc(O)cc(C(=O)OCCN3CCOCC3)c2O)c1O. The summed E-state index contributed by atoms with van der Waals surface area (Å²) in [5.74, 6) is -5.85. The van der Waals surface area contributed by atoms with Crippen molar-refractivity contribution >= 4 is 21.8 Å². The van der Waals surface area contributed by atoms with Crippen molar-refractivity contribution in [3.05, 3.63) is 46.5 Å². The molecule has 0 unspecified atom stereocenters. The van der Waals surface area contributed by atoms with E-state index < -0.39 is 67.4 Å². The van der Waals surface area contributed by atoms with Gasteiger partial charge in [0.05, 0.1) is 37.9 Å². The highest BCUT2D eigenvalue weighted by Gasteiger charge is 2.26. The van der Waals surface area contributed by atoms with Gasteiger partial charge in [-0.1, -0.05) is 0 Å². The van der Waals surface area contributed by atoms with E-state index in [1.807, 2.05) is 9.80 Å². The Hall–Kier alpha value is -3.63. The Kier molecular flexibility index (Phi) is 11.0. The average molecular weight is 625 g/mol. The van der Waals surface area contributed by atoms with Crippen LogP contribution in [-0.2, 0) is 40.3 Å². The van der Waals surface area contributed by atoms with E-state index in [0.717, 1.165) is 24.3 Å². The quantitative estimate of drug-likeness (QED) is 0.189. The standard InChI is InChI=1S/C28H36N2O12S/c31-21-13-19(25(33)23(15-21)27(35)41-11-5-29-1-7-39-8-2-29)17-43(37,38)18-20-14-22(32)16-24(26(20)34)28(36)42-12-6-30-3-9-40-10-4-30/h13-16,31-34H,1-12,17-18H2. The van der Waals surface area contributed by atoms with Crippen molar-refractivity contribution in [3.63, 3.8) is 0 Å². The van der Waals surface area contributed by atoms with Crippen molar-refractivity contribution in [1.29, 1.82) is 0 Å². The van der Waals surface area contributed by atoms with Gasteiger partial charge in [-0.05, 0) is 24.3 Å². The van der Waals surface area contributed by atoms with E-state index in [4.69, 9.17) is 18.9 Å². The van der Waals surface area contributed by atoms with Crippen molar-refractivity contribution < 1.29 is 57.4 Å². The monoisotopic (exact) mass is 624 g/mol. The maximum absolute atomic E-state index is 13.1. The maximum Gasteiger partial charge on any atom is 0.342 e. The third kappa shape index (κ3) is 9.18. The van der Waals surface area contributed by atoms with Crippen LogP contribution in [0.1, 0.15) is 31.8 Å². The lowest BCUT2D eigenvalue weighted by molar-refractivity contribution is 0.0189. The molecule has 2 aliphatic rings. The molecular weight excluding hydrogens is 588 g/mol. The predicted molar refractivity (Wildman–Crippen MR) is 151 cm³/mol. The van der Waals surface area contributed by atoms with Gasteiger partial charge in [-0.2, -0.15) is 0 Å². The first-order chi connectivity index (χ1) is 20.5. The third-order valence-electron chi connectivity index (χ3n) is 7.03. The van der Waals surface area contributed by atoms with Crippen LogP contribution in [0.25, 0.3) is 0 Å². The number of rotatable bonds is 12. The molecule has 2 heterocycles. The van der Waals surface area contributed by atoms with Crippen molar-refractivity contribution in [2.75, 3.05) is 78.9 Å². The maximum atomic E-state index is 13.1. The molecule has 2 fully saturated rings. The van der Waals surface area contributed by atoms with E-state index in [9.17, 15) is 38.4 Å². The number of carbonyl (C=O) groups excluding carboxylic acids is 2. The summed E-state index contributed by atoms with van der Waals surface area (Å²) < 4.78 is 47.2. The molecule has 2 aromatic carbocycles. The summed E-state index contributed by atoms with van der Waals surface area (Å²) in [5, 5.41) is 41.7. The fourth-order valence-corrected chi connectivity index (χ4v) is 6.24. The number of aromatic hydroxyl groups is 4. The van der Waals surface area contributed by atoms with E-state index in [-0.39, 0.29) is 24.3 Å². The molecule has 2 aromatic rings. The highest BCUT2D eigenvalue weighted by Crippen LogP contribution is 2.33.